The normalized spacial score (nSPS) is 14.4. The molecule has 5 aromatic rings. The van der Waals surface area contributed by atoms with Crippen molar-refractivity contribution in [3.05, 3.63) is 154 Å². The van der Waals surface area contributed by atoms with Gasteiger partial charge in [0.05, 0.1) is 27.7 Å². The zero-order valence-corrected chi connectivity index (χ0v) is 26.6. The lowest BCUT2D eigenvalue weighted by atomic mass is 9.99. The average molecular weight is 649 g/mol. The summed E-state index contributed by atoms with van der Waals surface area (Å²) >= 11 is 0. The molecule has 11 heteroatoms. The summed E-state index contributed by atoms with van der Waals surface area (Å²) in [5, 5.41) is 11.5. The van der Waals surface area contributed by atoms with Crippen molar-refractivity contribution in [3.8, 4) is 5.75 Å². The predicted octanol–water partition coefficient (Wildman–Crippen LogP) is 7.47. The summed E-state index contributed by atoms with van der Waals surface area (Å²) in [7, 11) is -4.05. The van der Waals surface area contributed by atoms with Gasteiger partial charge in [-0.15, -0.1) is 0 Å². The first kappa shape index (κ1) is 31.3. The Labute approximate surface area is 273 Å². The third-order valence-corrected chi connectivity index (χ3v) is 9.28. The van der Waals surface area contributed by atoms with Crippen LogP contribution in [0.5, 0.6) is 5.75 Å². The first-order valence-electron chi connectivity index (χ1n) is 15.0. The fourth-order valence-electron chi connectivity index (χ4n) is 5.63. The summed E-state index contributed by atoms with van der Waals surface area (Å²) in [5.41, 5.74) is 4.16. The van der Waals surface area contributed by atoms with Crippen molar-refractivity contribution in [2.75, 3.05) is 21.1 Å². The lowest BCUT2D eigenvalue weighted by Gasteiger charge is -2.46. The number of nitrogens with zero attached hydrogens (tertiary/aromatic N) is 3. The van der Waals surface area contributed by atoms with Gasteiger partial charge in [-0.3, -0.25) is 24.5 Å². The second kappa shape index (κ2) is 13.0. The number of sulfonamides is 1. The highest BCUT2D eigenvalue weighted by atomic mass is 32.2. The summed E-state index contributed by atoms with van der Waals surface area (Å²) in [4.78, 5) is 29.2. The lowest BCUT2D eigenvalue weighted by Crippen LogP contribution is -2.49. The highest BCUT2D eigenvalue weighted by molar-refractivity contribution is 7.92. The van der Waals surface area contributed by atoms with Crippen LogP contribution in [0.3, 0.4) is 0 Å². The summed E-state index contributed by atoms with van der Waals surface area (Å²) < 4.78 is 35.4. The molecular formula is C36H32N4O6S. The molecule has 0 saturated carbocycles. The molecule has 0 fully saturated rings. The summed E-state index contributed by atoms with van der Waals surface area (Å²) in [6.07, 6.45) is -0.734. The van der Waals surface area contributed by atoms with E-state index < -0.39 is 27.0 Å². The number of fused-ring (bicyclic) bond motifs is 1. The number of anilines is 3. The molecule has 0 saturated heterocycles. The van der Waals surface area contributed by atoms with Crippen molar-refractivity contribution in [1.82, 2.24) is 0 Å². The summed E-state index contributed by atoms with van der Waals surface area (Å²) in [6, 6.07) is 34.4. The molecule has 0 spiro atoms. The van der Waals surface area contributed by atoms with Crippen molar-refractivity contribution in [1.29, 1.82) is 0 Å². The lowest BCUT2D eigenvalue weighted by molar-refractivity contribution is -0.384. The van der Waals surface area contributed by atoms with Gasteiger partial charge >= 0.3 is 0 Å². The maximum atomic E-state index is 14.6. The standard InChI is InChI=1S/C36H32N4O6S/c1-3-46-31-19-17-29(18-20-31)39-35(27-11-15-30(16-12-27)40(42)43)38(24-26-7-5-4-6-8-26)34-22-21-32(23-33(34)36(39)41)47(44,45)37-28-13-9-25(2)10-14-28/h4-23,35,37H,3,24H2,1-2H3/t35-/m1/s1. The van der Waals surface area contributed by atoms with Crippen LogP contribution in [-0.4, -0.2) is 25.9 Å². The number of nitro benzene ring substituents is 1. The number of ether oxygens (including phenoxy) is 1. The molecule has 1 N–H and O–H groups in total. The molecule has 6 rings (SSSR count). The molecule has 0 aromatic heterocycles. The van der Waals surface area contributed by atoms with Gasteiger partial charge in [0.1, 0.15) is 11.9 Å². The van der Waals surface area contributed by atoms with Gasteiger partial charge in [0, 0.05) is 30.1 Å². The van der Waals surface area contributed by atoms with Gasteiger partial charge in [-0.2, -0.15) is 0 Å². The Morgan fingerprint density at radius 2 is 1.55 bits per heavy atom. The molecule has 0 radical (unpaired) electrons. The zero-order chi connectivity index (χ0) is 33.1. The number of carbonyl (C=O) groups excluding carboxylic acids is 1. The second-order valence-electron chi connectivity index (χ2n) is 11.1. The van der Waals surface area contributed by atoms with Crippen molar-refractivity contribution in [2.24, 2.45) is 0 Å². The minimum atomic E-state index is -4.05. The number of nitrogens with one attached hydrogen (secondary N) is 1. The van der Waals surface area contributed by atoms with Crippen LogP contribution in [0.4, 0.5) is 22.7 Å². The van der Waals surface area contributed by atoms with E-state index in [2.05, 4.69) is 4.72 Å². The van der Waals surface area contributed by atoms with E-state index in [9.17, 15) is 23.3 Å². The van der Waals surface area contributed by atoms with Gasteiger partial charge in [0.15, 0.2) is 0 Å². The molecule has 0 unspecified atom stereocenters. The molecule has 1 aliphatic heterocycles. The SMILES string of the molecule is CCOc1ccc(N2C(=O)c3cc(S(=O)(=O)Nc4ccc(C)cc4)ccc3N(Cc3ccccc3)[C@H]2c2ccc([N+](=O)[O-])cc2)cc1. The van der Waals surface area contributed by atoms with Crippen LogP contribution >= 0.6 is 0 Å². The number of benzene rings is 5. The Bertz CT molecular complexity index is 2020. The maximum Gasteiger partial charge on any atom is 0.269 e. The summed E-state index contributed by atoms with van der Waals surface area (Å²) in [5.74, 6) is 0.203. The predicted molar refractivity (Wildman–Crippen MR) is 181 cm³/mol. The van der Waals surface area contributed by atoms with Gasteiger partial charge < -0.3 is 9.64 Å². The van der Waals surface area contributed by atoms with E-state index in [1.807, 2.05) is 61.2 Å². The molecule has 1 aliphatic rings. The number of aryl methyl sites for hydroxylation is 1. The van der Waals surface area contributed by atoms with Crippen LogP contribution in [0.1, 0.15) is 40.1 Å². The van der Waals surface area contributed by atoms with E-state index in [1.165, 1.54) is 24.3 Å². The Morgan fingerprint density at radius 3 is 2.19 bits per heavy atom. The van der Waals surface area contributed by atoms with Crippen molar-refractivity contribution >= 4 is 38.7 Å². The van der Waals surface area contributed by atoms with Crippen LogP contribution in [-0.2, 0) is 16.6 Å². The third-order valence-electron chi connectivity index (χ3n) is 7.90. The molecule has 5 aromatic carbocycles. The number of rotatable bonds is 10. The van der Waals surface area contributed by atoms with E-state index in [-0.39, 0.29) is 16.1 Å². The van der Waals surface area contributed by atoms with Crippen LogP contribution in [0.15, 0.2) is 126 Å². The van der Waals surface area contributed by atoms with Crippen molar-refractivity contribution in [2.45, 2.75) is 31.5 Å². The van der Waals surface area contributed by atoms with Crippen molar-refractivity contribution in [3.63, 3.8) is 0 Å². The largest absolute Gasteiger partial charge is 0.494 e. The fraction of sp³-hybridized carbons (Fsp3) is 0.139. The molecule has 0 bridgehead atoms. The van der Waals surface area contributed by atoms with E-state index in [4.69, 9.17) is 4.74 Å². The number of amides is 1. The van der Waals surface area contributed by atoms with E-state index in [0.717, 1.165) is 11.1 Å². The van der Waals surface area contributed by atoms with E-state index in [1.54, 1.807) is 59.5 Å². The number of carbonyl (C=O) groups is 1. The highest BCUT2D eigenvalue weighted by Gasteiger charge is 2.40. The Kier molecular flexibility index (Phi) is 8.64. The van der Waals surface area contributed by atoms with Crippen LogP contribution in [0.25, 0.3) is 0 Å². The number of hydrogen-bond acceptors (Lipinski definition) is 7. The van der Waals surface area contributed by atoms with Gasteiger partial charge in [-0.25, -0.2) is 8.42 Å². The highest BCUT2D eigenvalue weighted by Crippen LogP contribution is 2.43. The minimum absolute atomic E-state index is 0.0646. The second-order valence-corrected chi connectivity index (χ2v) is 12.8. The van der Waals surface area contributed by atoms with Gasteiger partial charge in [0.25, 0.3) is 21.6 Å². The van der Waals surface area contributed by atoms with Crippen LogP contribution in [0.2, 0.25) is 0 Å². The molecular weight excluding hydrogens is 616 g/mol. The first-order valence-corrected chi connectivity index (χ1v) is 16.5. The molecule has 10 nitrogen and oxygen atoms in total. The number of nitro groups is 1. The van der Waals surface area contributed by atoms with Gasteiger partial charge in [-0.05, 0) is 91.7 Å². The zero-order valence-electron chi connectivity index (χ0n) is 25.7. The Morgan fingerprint density at radius 1 is 0.872 bits per heavy atom. The molecule has 47 heavy (non-hydrogen) atoms. The molecule has 1 heterocycles. The van der Waals surface area contributed by atoms with Gasteiger partial charge in [0.2, 0.25) is 0 Å². The minimum Gasteiger partial charge on any atom is -0.494 e. The molecule has 0 aliphatic carbocycles. The number of hydrogen-bond donors (Lipinski definition) is 1. The van der Waals surface area contributed by atoms with Crippen LogP contribution in [0, 0.1) is 17.0 Å². The average Bonchev–Trinajstić information content (AvgIpc) is 3.08. The Balaban J connectivity index is 1.51. The monoisotopic (exact) mass is 648 g/mol. The molecule has 1 amide bonds. The van der Waals surface area contributed by atoms with Crippen LogP contribution < -0.4 is 19.3 Å². The third kappa shape index (κ3) is 6.52. The van der Waals surface area contributed by atoms with E-state index in [0.29, 0.717) is 41.5 Å². The quantitative estimate of drug-likeness (QED) is 0.123. The Hall–Kier alpha value is -5.68. The van der Waals surface area contributed by atoms with E-state index >= 15 is 0 Å². The van der Waals surface area contributed by atoms with Crippen molar-refractivity contribution < 1.29 is 22.9 Å². The fourth-order valence-corrected chi connectivity index (χ4v) is 6.71. The smallest absolute Gasteiger partial charge is 0.269 e. The topological polar surface area (TPSA) is 122 Å². The number of non-ortho nitro benzene ring substituents is 1. The molecule has 1 atom stereocenters. The van der Waals surface area contributed by atoms with Gasteiger partial charge in [-0.1, -0.05) is 48.0 Å². The molecule has 238 valence electrons. The maximum absolute atomic E-state index is 14.6. The summed E-state index contributed by atoms with van der Waals surface area (Å²) in [6.45, 7) is 4.61. The first-order chi connectivity index (χ1) is 22.6.